The van der Waals surface area contributed by atoms with E-state index in [0.29, 0.717) is 28.2 Å². The lowest BCUT2D eigenvalue weighted by atomic mass is 10.2. The highest BCUT2D eigenvalue weighted by atomic mass is 19.1. The number of hydrogen-bond donors (Lipinski definition) is 2. The van der Waals surface area contributed by atoms with E-state index in [-0.39, 0.29) is 11.7 Å². The number of anilines is 1. The van der Waals surface area contributed by atoms with Gasteiger partial charge in [0.1, 0.15) is 11.5 Å². The van der Waals surface area contributed by atoms with Crippen molar-refractivity contribution in [3.63, 3.8) is 0 Å². The van der Waals surface area contributed by atoms with Crippen molar-refractivity contribution in [3.8, 4) is 5.88 Å². The second-order valence-electron chi connectivity index (χ2n) is 4.46. The summed E-state index contributed by atoms with van der Waals surface area (Å²) in [5, 5.41) is 3.35. The molecular weight excluding hydrogens is 273 g/mol. The normalized spacial score (nSPS) is 10.6. The van der Waals surface area contributed by atoms with Crippen LogP contribution in [0.3, 0.4) is 0 Å². The van der Waals surface area contributed by atoms with Crippen LogP contribution < -0.4 is 10.1 Å². The first-order chi connectivity index (χ1) is 10.2. The van der Waals surface area contributed by atoms with Gasteiger partial charge in [-0.1, -0.05) is 0 Å². The van der Waals surface area contributed by atoms with E-state index < -0.39 is 0 Å². The molecule has 0 aliphatic carbocycles. The van der Waals surface area contributed by atoms with E-state index in [1.165, 1.54) is 25.4 Å². The van der Waals surface area contributed by atoms with Gasteiger partial charge in [-0.2, -0.15) is 0 Å². The zero-order chi connectivity index (χ0) is 14.8. The third-order valence-corrected chi connectivity index (χ3v) is 3.03. The Kier molecular flexibility index (Phi) is 3.27. The smallest absolute Gasteiger partial charge is 0.272 e. The zero-order valence-electron chi connectivity index (χ0n) is 11.2. The van der Waals surface area contributed by atoms with Crippen molar-refractivity contribution in [3.05, 3.63) is 54.1 Å². The largest absolute Gasteiger partial charge is 0.481 e. The molecule has 0 bridgehead atoms. The first kappa shape index (κ1) is 13.1. The number of rotatable bonds is 3. The summed E-state index contributed by atoms with van der Waals surface area (Å²) >= 11 is 0. The van der Waals surface area contributed by atoms with Gasteiger partial charge in [0.05, 0.1) is 19.0 Å². The van der Waals surface area contributed by atoms with Gasteiger partial charge in [-0.3, -0.25) is 4.79 Å². The molecule has 2 N–H and O–H groups in total. The summed E-state index contributed by atoms with van der Waals surface area (Å²) in [6.07, 6.45) is 1.50. The summed E-state index contributed by atoms with van der Waals surface area (Å²) < 4.78 is 18.1. The molecule has 3 rings (SSSR count). The zero-order valence-corrected chi connectivity index (χ0v) is 11.2. The van der Waals surface area contributed by atoms with Gasteiger partial charge in [0, 0.05) is 17.0 Å². The molecule has 6 heteroatoms. The van der Waals surface area contributed by atoms with E-state index in [1.54, 1.807) is 24.3 Å². The van der Waals surface area contributed by atoms with Crippen LogP contribution in [0.2, 0.25) is 0 Å². The minimum absolute atomic E-state index is 0.321. The summed E-state index contributed by atoms with van der Waals surface area (Å²) in [7, 11) is 1.52. The number of fused-ring (bicyclic) bond motifs is 1. The number of aromatic amines is 1. The van der Waals surface area contributed by atoms with Crippen molar-refractivity contribution in [1.29, 1.82) is 0 Å². The molecule has 1 aromatic carbocycles. The molecule has 0 aliphatic heterocycles. The van der Waals surface area contributed by atoms with E-state index in [0.717, 1.165) is 0 Å². The number of hydrogen-bond acceptors (Lipinski definition) is 3. The Labute approximate surface area is 119 Å². The molecule has 0 fully saturated rings. The number of carbonyl (C=O) groups is 1. The van der Waals surface area contributed by atoms with Gasteiger partial charge in [0.25, 0.3) is 5.91 Å². The minimum Gasteiger partial charge on any atom is -0.481 e. The van der Waals surface area contributed by atoms with Crippen molar-refractivity contribution in [2.45, 2.75) is 0 Å². The van der Waals surface area contributed by atoms with E-state index >= 15 is 0 Å². The maximum Gasteiger partial charge on any atom is 0.272 e. The second kappa shape index (κ2) is 5.24. The monoisotopic (exact) mass is 285 g/mol. The topological polar surface area (TPSA) is 67.0 Å². The molecule has 2 aromatic heterocycles. The molecule has 0 spiro atoms. The second-order valence-corrected chi connectivity index (χ2v) is 4.46. The molecular formula is C15H12FN3O2. The van der Waals surface area contributed by atoms with Crippen LogP contribution in [0.4, 0.5) is 10.1 Å². The number of benzene rings is 1. The Hall–Kier alpha value is -2.89. The number of nitrogens with one attached hydrogen (secondary N) is 2. The molecule has 0 aliphatic rings. The standard InChI is InChI=1S/C15H12FN3O2/c1-21-14-5-3-11(8-17-14)18-15(20)13-7-9-6-10(16)2-4-12(9)19-13/h2-8,19H,1H3,(H,18,20). The number of pyridine rings is 1. The first-order valence-corrected chi connectivity index (χ1v) is 6.25. The van der Waals surface area contributed by atoms with Gasteiger partial charge in [-0.25, -0.2) is 9.37 Å². The number of carbonyl (C=O) groups excluding carboxylic acids is 1. The van der Waals surface area contributed by atoms with Crippen molar-refractivity contribution in [2.24, 2.45) is 0 Å². The first-order valence-electron chi connectivity index (χ1n) is 6.25. The molecule has 0 radical (unpaired) electrons. The Morgan fingerprint density at radius 3 is 2.86 bits per heavy atom. The number of aromatic nitrogens is 2. The predicted octanol–water partition coefficient (Wildman–Crippen LogP) is 2.96. The van der Waals surface area contributed by atoms with Gasteiger partial charge < -0.3 is 15.0 Å². The lowest BCUT2D eigenvalue weighted by molar-refractivity contribution is 0.102. The molecule has 0 saturated carbocycles. The van der Waals surface area contributed by atoms with Crippen molar-refractivity contribution < 1.29 is 13.9 Å². The van der Waals surface area contributed by atoms with Crippen LogP contribution in [0.15, 0.2) is 42.6 Å². The molecule has 1 amide bonds. The van der Waals surface area contributed by atoms with E-state index in [4.69, 9.17) is 4.74 Å². The molecule has 106 valence electrons. The van der Waals surface area contributed by atoms with Crippen LogP contribution in [0.1, 0.15) is 10.5 Å². The van der Waals surface area contributed by atoms with E-state index in [2.05, 4.69) is 15.3 Å². The summed E-state index contributed by atoms with van der Waals surface area (Å²) in [6, 6.07) is 9.24. The molecule has 0 unspecified atom stereocenters. The molecule has 0 saturated heterocycles. The summed E-state index contributed by atoms with van der Waals surface area (Å²) in [4.78, 5) is 19.1. The number of H-pyrrole nitrogens is 1. The van der Waals surface area contributed by atoms with E-state index in [9.17, 15) is 9.18 Å². The molecule has 2 heterocycles. The minimum atomic E-state index is -0.340. The summed E-state index contributed by atoms with van der Waals surface area (Å²) in [5.41, 5.74) is 1.60. The average molecular weight is 285 g/mol. The average Bonchev–Trinajstić information content (AvgIpc) is 2.91. The van der Waals surface area contributed by atoms with Crippen LogP contribution in [-0.4, -0.2) is 23.0 Å². The maximum atomic E-state index is 13.1. The van der Waals surface area contributed by atoms with Gasteiger partial charge in [0.15, 0.2) is 0 Å². The number of methoxy groups -OCH3 is 1. The molecule has 21 heavy (non-hydrogen) atoms. The van der Waals surface area contributed by atoms with Gasteiger partial charge >= 0.3 is 0 Å². The van der Waals surface area contributed by atoms with Crippen LogP contribution in [0, 0.1) is 5.82 Å². The molecule has 0 atom stereocenters. The Morgan fingerprint density at radius 2 is 2.14 bits per heavy atom. The van der Waals surface area contributed by atoms with Crippen LogP contribution in [0.5, 0.6) is 5.88 Å². The number of ether oxygens (including phenoxy) is 1. The van der Waals surface area contributed by atoms with Crippen molar-refractivity contribution in [2.75, 3.05) is 12.4 Å². The lowest BCUT2D eigenvalue weighted by Crippen LogP contribution is -2.12. The predicted molar refractivity (Wildman–Crippen MR) is 77.0 cm³/mol. The fourth-order valence-corrected chi connectivity index (χ4v) is 2.00. The molecule has 5 nitrogen and oxygen atoms in total. The highest BCUT2D eigenvalue weighted by Crippen LogP contribution is 2.18. The van der Waals surface area contributed by atoms with Crippen LogP contribution in [0.25, 0.3) is 10.9 Å². The fraction of sp³-hybridized carbons (Fsp3) is 0.0667. The Bertz CT molecular complexity index is 796. The number of nitrogens with zero attached hydrogens (tertiary/aromatic N) is 1. The highest BCUT2D eigenvalue weighted by molar-refractivity contribution is 6.05. The summed E-state index contributed by atoms with van der Waals surface area (Å²) in [6.45, 7) is 0. The highest BCUT2D eigenvalue weighted by Gasteiger charge is 2.10. The third kappa shape index (κ3) is 2.69. The van der Waals surface area contributed by atoms with Crippen LogP contribution >= 0.6 is 0 Å². The van der Waals surface area contributed by atoms with Crippen molar-refractivity contribution >= 4 is 22.5 Å². The fourth-order valence-electron chi connectivity index (χ4n) is 2.00. The SMILES string of the molecule is COc1ccc(NC(=O)c2cc3cc(F)ccc3[nH]2)cn1. The maximum absolute atomic E-state index is 13.1. The lowest BCUT2D eigenvalue weighted by Gasteiger charge is -2.04. The van der Waals surface area contributed by atoms with Crippen LogP contribution in [-0.2, 0) is 0 Å². The third-order valence-electron chi connectivity index (χ3n) is 3.03. The van der Waals surface area contributed by atoms with Gasteiger partial charge in [-0.05, 0) is 30.3 Å². The quantitative estimate of drug-likeness (QED) is 0.777. The van der Waals surface area contributed by atoms with Gasteiger partial charge in [-0.15, -0.1) is 0 Å². The molecule has 3 aromatic rings. The van der Waals surface area contributed by atoms with Gasteiger partial charge in [0.2, 0.25) is 5.88 Å². The Morgan fingerprint density at radius 1 is 1.29 bits per heavy atom. The number of halogens is 1. The van der Waals surface area contributed by atoms with Crippen molar-refractivity contribution in [1.82, 2.24) is 9.97 Å². The van der Waals surface area contributed by atoms with E-state index in [1.807, 2.05) is 0 Å². The number of amides is 1. The Balaban J connectivity index is 1.82. The summed E-state index contributed by atoms with van der Waals surface area (Å²) in [5.74, 6) is -0.194.